The summed E-state index contributed by atoms with van der Waals surface area (Å²) in [5, 5.41) is 0. The van der Waals surface area contributed by atoms with E-state index in [1.54, 1.807) is 0 Å². The molecular weight excluding hydrogens is 1030 g/mol. The van der Waals surface area contributed by atoms with Crippen LogP contribution < -0.4 is 13.6 Å². The number of phosphoric acid groups is 1. The lowest BCUT2D eigenvalue weighted by Crippen LogP contribution is -2.11. The van der Waals surface area contributed by atoms with Gasteiger partial charge < -0.3 is 13.6 Å². The molecule has 0 aliphatic heterocycles. The van der Waals surface area contributed by atoms with Crippen LogP contribution in [-0.2, 0) is 81.6 Å². The number of phosphoric ester groups is 1. The second-order valence-electron chi connectivity index (χ2n) is 21.8. The molecule has 83 heavy (non-hydrogen) atoms. The summed E-state index contributed by atoms with van der Waals surface area (Å²) < 4.78 is 39.6. The van der Waals surface area contributed by atoms with Crippen molar-refractivity contribution < 1.29 is 18.1 Å². The Morgan fingerprint density at radius 2 is 0.410 bits per heavy atom. The van der Waals surface area contributed by atoms with Gasteiger partial charge in [0.05, 0.1) is 0 Å². The van der Waals surface area contributed by atoms with Crippen LogP contribution in [0.4, 0.5) is 0 Å². The van der Waals surface area contributed by atoms with Crippen molar-refractivity contribution in [1.29, 1.82) is 0 Å². The summed E-state index contributed by atoms with van der Waals surface area (Å²) in [5.41, 5.74) is 27.6. The summed E-state index contributed by atoms with van der Waals surface area (Å²) in [6, 6.07) is 59.0. The Kier molecular flexibility index (Phi) is 19.8. The lowest BCUT2D eigenvalue weighted by atomic mass is 9.87. The highest BCUT2D eigenvalue weighted by Crippen LogP contribution is 2.57. The second kappa shape index (κ2) is 27.3. The Bertz CT molecular complexity index is 3280. The van der Waals surface area contributed by atoms with E-state index in [2.05, 4.69) is 229 Å². The van der Waals surface area contributed by atoms with Crippen molar-refractivity contribution in [3.63, 3.8) is 0 Å². The quantitative estimate of drug-likeness (QED) is 0.0566. The molecule has 9 aromatic rings. The first-order valence-corrected chi connectivity index (χ1v) is 32.7. The lowest BCUT2D eigenvalue weighted by Gasteiger charge is -2.26. The van der Waals surface area contributed by atoms with Crippen LogP contribution in [0.15, 0.2) is 164 Å². The first-order valence-electron chi connectivity index (χ1n) is 31.2. The van der Waals surface area contributed by atoms with E-state index in [1.165, 1.54) is 83.5 Å². The maximum atomic E-state index is 17.4. The maximum Gasteiger partial charge on any atom is 0.647 e. The lowest BCUT2D eigenvalue weighted by molar-refractivity contribution is 0.299. The third kappa shape index (κ3) is 12.3. The van der Waals surface area contributed by atoms with Crippen LogP contribution in [0, 0.1) is 0 Å². The Labute approximate surface area is 498 Å². The highest BCUT2D eigenvalue weighted by Gasteiger charge is 2.38. The third-order valence-corrected chi connectivity index (χ3v) is 18.5. The van der Waals surface area contributed by atoms with Gasteiger partial charge in [-0.1, -0.05) is 210 Å². The Morgan fingerprint density at radius 3 is 0.578 bits per heavy atom. The van der Waals surface area contributed by atoms with Crippen molar-refractivity contribution in [2.24, 2.45) is 0 Å². The van der Waals surface area contributed by atoms with Crippen LogP contribution in [0.3, 0.4) is 0 Å². The number of hydrogen-bond donors (Lipinski definition) is 0. The molecule has 9 rings (SSSR count). The van der Waals surface area contributed by atoms with Crippen LogP contribution in [0.1, 0.15) is 150 Å². The fourth-order valence-electron chi connectivity index (χ4n) is 12.9. The van der Waals surface area contributed by atoms with Gasteiger partial charge in [0.15, 0.2) is 0 Å². The normalized spacial score (nSPS) is 11.5. The topological polar surface area (TPSA) is 44.8 Å². The smallest absolute Gasteiger partial charge is 0.385 e. The van der Waals surface area contributed by atoms with E-state index in [0.717, 1.165) is 127 Å². The summed E-state index contributed by atoms with van der Waals surface area (Å²) in [7, 11) is -4.82. The van der Waals surface area contributed by atoms with E-state index >= 15 is 4.57 Å². The Morgan fingerprint density at radius 1 is 0.241 bits per heavy atom. The van der Waals surface area contributed by atoms with Crippen molar-refractivity contribution in [2.45, 2.75) is 160 Å². The van der Waals surface area contributed by atoms with E-state index in [0.29, 0.717) is 17.2 Å². The van der Waals surface area contributed by atoms with Gasteiger partial charge in [-0.2, -0.15) is 4.57 Å². The summed E-state index contributed by atoms with van der Waals surface area (Å²) in [4.78, 5) is 0. The van der Waals surface area contributed by atoms with Crippen molar-refractivity contribution in [3.8, 4) is 84.0 Å². The molecule has 0 aliphatic carbocycles. The van der Waals surface area contributed by atoms with Gasteiger partial charge in [-0.25, -0.2) is 0 Å². The van der Waals surface area contributed by atoms with Gasteiger partial charge in [-0.15, -0.1) is 0 Å². The molecule has 0 unspecified atom stereocenters. The molecule has 4 nitrogen and oxygen atoms in total. The molecule has 0 N–H and O–H groups in total. The largest absolute Gasteiger partial charge is 0.647 e. The summed E-state index contributed by atoms with van der Waals surface area (Å²) in [5.74, 6) is 1.28. The zero-order chi connectivity index (χ0) is 58.8. The highest BCUT2D eigenvalue weighted by atomic mass is 31.2. The van der Waals surface area contributed by atoms with Gasteiger partial charge in [0.1, 0.15) is 17.2 Å². The van der Waals surface area contributed by atoms with Crippen LogP contribution in [-0.4, -0.2) is 0 Å². The molecule has 428 valence electrons. The predicted octanol–water partition coefficient (Wildman–Crippen LogP) is 22.1. The molecule has 0 aliphatic rings. The molecule has 0 saturated carbocycles. The molecule has 0 atom stereocenters. The average molecular weight is 1120 g/mol. The van der Waals surface area contributed by atoms with Gasteiger partial charge in [0, 0.05) is 16.7 Å². The molecule has 5 heteroatoms. The fourth-order valence-corrected chi connectivity index (χ4v) is 14.2. The van der Waals surface area contributed by atoms with Crippen LogP contribution in [0.2, 0.25) is 0 Å². The van der Waals surface area contributed by atoms with Crippen LogP contribution >= 0.6 is 7.82 Å². The average Bonchev–Trinajstić information content (AvgIpc) is 3.68. The minimum absolute atomic E-state index is 0.427. The van der Waals surface area contributed by atoms with E-state index in [1.807, 2.05) is 18.2 Å². The minimum atomic E-state index is -4.82. The number of hydrogen-bond acceptors (Lipinski definition) is 4. The molecule has 0 fully saturated rings. The number of rotatable bonds is 24. The molecule has 0 radical (unpaired) electrons. The molecule has 0 spiro atoms. The number of benzene rings is 9. The summed E-state index contributed by atoms with van der Waals surface area (Å²) in [6.07, 6.45) is 10.1. The molecule has 0 saturated heterocycles. The van der Waals surface area contributed by atoms with Crippen molar-refractivity contribution in [3.05, 3.63) is 231 Å². The standard InChI is InChI=1S/C78H87O4P/c1-13-52-31-25-32-53(14-2)73(52)64-43-46-70(67(49-64)76-58(19-7)37-28-38-59(76)20-8)80-83(79,81-71-47-44-65(74-54(15-3)33-26-34-55(74)16-4)50-68(71)77-60(21-9)39-29-40-61(77)22-10)82-72-48-45-66(75-56(17-5)35-27-36-57(75)18-6)51-69(72)78-62(23-11)41-30-42-63(78)24-12/h25-51H,13-24H2,1-12H3. The van der Waals surface area contributed by atoms with Crippen molar-refractivity contribution >= 4 is 7.82 Å². The Balaban J connectivity index is 1.37. The van der Waals surface area contributed by atoms with Gasteiger partial charge in [-0.3, -0.25) is 0 Å². The first kappa shape index (κ1) is 60.2. The summed E-state index contributed by atoms with van der Waals surface area (Å²) >= 11 is 0. The van der Waals surface area contributed by atoms with Gasteiger partial charge >= 0.3 is 7.82 Å². The molecule has 0 heterocycles. The monoisotopic (exact) mass is 1120 g/mol. The highest BCUT2D eigenvalue weighted by molar-refractivity contribution is 7.49. The second-order valence-corrected chi connectivity index (χ2v) is 23.2. The van der Waals surface area contributed by atoms with E-state index in [4.69, 9.17) is 13.6 Å². The molecule has 0 aromatic heterocycles. The van der Waals surface area contributed by atoms with Gasteiger partial charge in [0.25, 0.3) is 0 Å². The van der Waals surface area contributed by atoms with Crippen molar-refractivity contribution in [2.75, 3.05) is 0 Å². The van der Waals surface area contributed by atoms with E-state index in [9.17, 15) is 0 Å². The van der Waals surface area contributed by atoms with Crippen molar-refractivity contribution in [1.82, 2.24) is 0 Å². The number of aryl methyl sites for hydroxylation is 12. The van der Waals surface area contributed by atoms with E-state index in [-0.39, 0.29) is 0 Å². The zero-order valence-corrected chi connectivity index (χ0v) is 52.5. The zero-order valence-electron chi connectivity index (χ0n) is 51.7. The van der Waals surface area contributed by atoms with Gasteiger partial charge in [0.2, 0.25) is 0 Å². The Hall–Kier alpha value is -7.39. The summed E-state index contributed by atoms with van der Waals surface area (Å²) in [6.45, 7) is 26.6. The van der Waals surface area contributed by atoms with Crippen LogP contribution in [0.25, 0.3) is 66.8 Å². The first-order chi connectivity index (χ1) is 40.5. The SMILES string of the molecule is CCc1cccc(CC)c1-c1ccc(OP(=O)(Oc2ccc(-c3c(CC)cccc3CC)cc2-c2c(CC)cccc2CC)Oc2ccc(-c3c(CC)cccc3CC)cc2-c2c(CC)cccc2CC)c(-c2c(CC)cccc2CC)c1. The van der Waals surface area contributed by atoms with E-state index < -0.39 is 7.82 Å². The predicted molar refractivity (Wildman–Crippen MR) is 354 cm³/mol. The third-order valence-electron chi connectivity index (χ3n) is 17.2. The maximum absolute atomic E-state index is 17.4. The van der Waals surface area contributed by atoms with Crippen LogP contribution in [0.5, 0.6) is 17.2 Å². The fraction of sp³-hybridized carbons (Fsp3) is 0.308. The molecule has 0 amide bonds. The molecule has 9 aromatic carbocycles. The molecular formula is C78H87O4P. The molecule has 0 bridgehead atoms. The van der Waals surface area contributed by atoms with Gasteiger partial charge in [-0.05, 0) is 230 Å². The minimum Gasteiger partial charge on any atom is -0.385 e.